The Morgan fingerprint density at radius 3 is 2.38 bits per heavy atom. The maximum atomic E-state index is 12.6. The number of esters is 1. The van der Waals surface area contributed by atoms with Crippen molar-refractivity contribution in [3.63, 3.8) is 0 Å². The molecule has 0 saturated carbocycles. The Bertz CT molecular complexity index is 806. The maximum absolute atomic E-state index is 12.6. The Balaban J connectivity index is 2.04. The first-order valence-electron chi connectivity index (χ1n) is 9.87. The van der Waals surface area contributed by atoms with Crippen molar-refractivity contribution in [2.24, 2.45) is 0 Å². The number of hydrogen-bond acceptors (Lipinski definition) is 5. The van der Waals surface area contributed by atoms with Gasteiger partial charge in [-0.1, -0.05) is 43.7 Å². The molecule has 0 saturated heterocycles. The monoisotopic (exact) mass is 399 g/mol. The second-order valence-electron chi connectivity index (χ2n) is 6.61. The van der Waals surface area contributed by atoms with Gasteiger partial charge in [0.15, 0.2) is 17.6 Å². The fourth-order valence-electron chi connectivity index (χ4n) is 2.94. The van der Waals surface area contributed by atoms with Gasteiger partial charge in [0.2, 0.25) is 0 Å². The van der Waals surface area contributed by atoms with Gasteiger partial charge in [0.1, 0.15) is 0 Å². The van der Waals surface area contributed by atoms with E-state index in [4.69, 9.17) is 14.2 Å². The van der Waals surface area contributed by atoms with Crippen molar-refractivity contribution in [2.75, 3.05) is 13.7 Å². The lowest BCUT2D eigenvalue weighted by molar-refractivity contribution is -0.129. The lowest BCUT2D eigenvalue weighted by Gasteiger charge is -2.21. The Labute approximate surface area is 172 Å². The third-order valence-corrected chi connectivity index (χ3v) is 4.45. The molecule has 1 N–H and O–H groups in total. The first kappa shape index (κ1) is 22.3. The molecule has 0 bridgehead atoms. The first-order valence-corrected chi connectivity index (χ1v) is 9.87. The van der Waals surface area contributed by atoms with E-state index in [1.807, 2.05) is 37.3 Å². The average Bonchev–Trinajstić information content (AvgIpc) is 2.74. The summed E-state index contributed by atoms with van der Waals surface area (Å²) in [5, 5.41) is 2.98. The Morgan fingerprint density at radius 1 is 1.03 bits per heavy atom. The normalized spacial score (nSPS) is 12.6. The predicted molar refractivity (Wildman–Crippen MR) is 111 cm³/mol. The highest BCUT2D eigenvalue weighted by molar-refractivity contribution is 5.93. The van der Waals surface area contributed by atoms with Crippen LogP contribution < -0.4 is 14.8 Å². The van der Waals surface area contributed by atoms with Crippen LogP contribution in [-0.4, -0.2) is 31.7 Å². The molecular weight excluding hydrogens is 370 g/mol. The lowest BCUT2D eigenvalue weighted by atomic mass is 10.0. The Morgan fingerprint density at radius 2 is 1.76 bits per heavy atom. The van der Waals surface area contributed by atoms with Crippen LogP contribution in [0, 0.1) is 0 Å². The van der Waals surface area contributed by atoms with Gasteiger partial charge < -0.3 is 19.5 Å². The molecule has 0 aliphatic carbocycles. The highest BCUT2D eigenvalue weighted by atomic mass is 16.5. The van der Waals surface area contributed by atoms with Gasteiger partial charge in [-0.3, -0.25) is 4.79 Å². The summed E-state index contributed by atoms with van der Waals surface area (Å²) in [6.07, 6.45) is 0.787. The van der Waals surface area contributed by atoms with Crippen LogP contribution in [0.25, 0.3) is 0 Å². The van der Waals surface area contributed by atoms with E-state index >= 15 is 0 Å². The minimum Gasteiger partial charge on any atom is -0.493 e. The van der Waals surface area contributed by atoms with Crippen LogP contribution in [0.15, 0.2) is 48.5 Å². The molecule has 6 heteroatoms. The molecule has 2 aromatic rings. The summed E-state index contributed by atoms with van der Waals surface area (Å²) in [4.78, 5) is 25.1. The van der Waals surface area contributed by atoms with Crippen LogP contribution in [0.2, 0.25) is 0 Å². The molecule has 2 rings (SSSR count). The van der Waals surface area contributed by atoms with Crippen molar-refractivity contribution >= 4 is 11.9 Å². The largest absolute Gasteiger partial charge is 0.493 e. The number of ether oxygens (including phenoxy) is 3. The number of carbonyl (C=O) groups is 2. The Hall–Kier alpha value is -3.02. The molecule has 2 atom stereocenters. The molecule has 1 amide bonds. The Kier molecular flexibility index (Phi) is 8.52. The van der Waals surface area contributed by atoms with E-state index in [2.05, 4.69) is 12.2 Å². The van der Waals surface area contributed by atoms with E-state index in [1.54, 1.807) is 25.1 Å². The first-order chi connectivity index (χ1) is 14.0. The van der Waals surface area contributed by atoms with Gasteiger partial charge in [-0.15, -0.1) is 0 Å². The van der Waals surface area contributed by atoms with Crippen LogP contribution in [0.3, 0.4) is 0 Å². The molecule has 0 spiro atoms. The van der Waals surface area contributed by atoms with Crippen molar-refractivity contribution in [1.82, 2.24) is 5.32 Å². The molecule has 156 valence electrons. The van der Waals surface area contributed by atoms with Gasteiger partial charge in [-0.25, -0.2) is 4.79 Å². The maximum Gasteiger partial charge on any atom is 0.339 e. The third kappa shape index (κ3) is 6.24. The molecule has 0 radical (unpaired) electrons. The SMILES string of the molecule is CCC[C@@H](NC(=O)[C@H](C)OC(=O)c1ccc(OC)c(OCC)c1)c1ccccc1. The summed E-state index contributed by atoms with van der Waals surface area (Å²) in [6.45, 7) is 5.90. The number of nitrogens with one attached hydrogen (secondary N) is 1. The van der Waals surface area contributed by atoms with E-state index in [0.29, 0.717) is 23.7 Å². The molecule has 29 heavy (non-hydrogen) atoms. The standard InChI is InChI=1S/C23H29NO5/c1-5-10-19(17-11-8-7-9-12-17)24-22(25)16(3)29-23(26)18-13-14-20(27-4)21(15-18)28-6-2/h7-9,11-16,19H,5-6,10H2,1-4H3,(H,24,25)/t16-,19+/m0/s1. The zero-order valence-electron chi connectivity index (χ0n) is 17.4. The number of amides is 1. The van der Waals surface area contributed by atoms with Gasteiger partial charge in [-0.2, -0.15) is 0 Å². The fourth-order valence-corrected chi connectivity index (χ4v) is 2.94. The molecule has 0 aromatic heterocycles. The van der Waals surface area contributed by atoms with Gasteiger partial charge in [0.25, 0.3) is 5.91 Å². The highest BCUT2D eigenvalue weighted by Crippen LogP contribution is 2.28. The van der Waals surface area contributed by atoms with Crippen LogP contribution in [0.5, 0.6) is 11.5 Å². The molecule has 6 nitrogen and oxygen atoms in total. The molecule has 0 aliphatic heterocycles. The minimum absolute atomic E-state index is 0.125. The summed E-state index contributed by atoms with van der Waals surface area (Å²) in [6, 6.07) is 14.4. The minimum atomic E-state index is -0.928. The number of methoxy groups -OCH3 is 1. The van der Waals surface area contributed by atoms with Gasteiger partial charge in [-0.05, 0) is 44.0 Å². The fraction of sp³-hybridized carbons (Fsp3) is 0.391. The van der Waals surface area contributed by atoms with Gasteiger partial charge >= 0.3 is 5.97 Å². The van der Waals surface area contributed by atoms with Crippen molar-refractivity contribution in [3.05, 3.63) is 59.7 Å². The third-order valence-electron chi connectivity index (χ3n) is 4.45. The van der Waals surface area contributed by atoms with Crippen LogP contribution in [-0.2, 0) is 9.53 Å². The predicted octanol–water partition coefficient (Wildman–Crippen LogP) is 4.30. The van der Waals surface area contributed by atoms with Crippen molar-refractivity contribution in [1.29, 1.82) is 0 Å². The molecule has 2 aromatic carbocycles. The quantitative estimate of drug-likeness (QED) is 0.603. The number of hydrogen-bond donors (Lipinski definition) is 1. The van der Waals surface area contributed by atoms with E-state index < -0.39 is 12.1 Å². The van der Waals surface area contributed by atoms with Crippen LogP contribution in [0.4, 0.5) is 0 Å². The molecule has 0 aliphatic rings. The number of carbonyl (C=O) groups excluding carboxylic acids is 2. The molecule has 0 fully saturated rings. The van der Waals surface area contributed by atoms with Crippen LogP contribution in [0.1, 0.15) is 55.6 Å². The molecular formula is C23H29NO5. The summed E-state index contributed by atoms with van der Waals surface area (Å²) >= 11 is 0. The van der Waals surface area contributed by atoms with E-state index in [0.717, 1.165) is 18.4 Å². The summed E-state index contributed by atoms with van der Waals surface area (Å²) in [5.74, 6) is 0.0512. The summed E-state index contributed by atoms with van der Waals surface area (Å²) < 4.78 is 16.1. The molecule has 0 unspecified atom stereocenters. The number of benzene rings is 2. The van der Waals surface area contributed by atoms with Crippen molar-refractivity contribution in [3.8, 4) is 11.5 Å². The lowest BCUT2D eigenvalue weighted by Crippen LogP contribution is -2.38. The van der Waals surface area contributed by atoms with E-state index in [-0.39, 0.29) is 11.9 Å². The second-order valence-corrected chi connectivity index (χ2v) is 6.61. The topological polar surface area (TPSA) is 73.9 Å². The zero-order valence-corrected chi connectivity index (χ0v) is 17.4. The van der Waals surface area contributed by atoms with Crippen molar-refractivity contribution < 1.29 is 23.8 Å². The average molecular weight is 399 g/mol. The highest BCUT2D eigenvalue weighted by Gasteiger charge is 2.23. The van der Waals surface area contributed by atoms with Gasteiger partial charge in [0.05, 0.1) is 25.3 Å². The molecule has 0 heterocycles. The summed E-state index contributed by atoms with van der Waals surface area (Å²) in [7, 11) is 1.53. The van der Waals surface area contributed by atoms with Crippen molar-refractivity contribution in [2.45, 2.75) is 45.8 Å². The second kappa shape index (κ2) is 11.1. The van der Waals surface area contributed by atoms with Gasteiger partial charge in [0, 0.05) is 0 Å². The number of rotatable bonds is 10. The zero-order chi connectivity index (χ0) is 21.2. The summed E-state index contributed by atoms with van der Waals surface area (Å²) in [5.41, 5.74) is 1.32. The van der Waals surface area contributed by atoms with E-state index in [1.165, 1.54) is 7.11 Å². The van der Waals surface area contributed by atoms with Crippen LogP contribution >= 0.6 is 0 Å². The smallest absolute Gasteiger partial charge is 0.339 e. The van der Waals surface area contributed by atoms with E-state index in [9.17, 15) is 9.59 Å².